The Morgan fingerprint density at radius 3 is 2.67 bits per heavy atom. The van der Waals surface area contributed by atoms with E-state index in [9.17, 15) is 0 Å². The molecule has 114 valence electrons. The number of piperidine rings is 1. The van der Waals surface area contributed by atoms with E-state index < -0.39 is 0 Å². The number of hydrogen-bond donors (Lipinski definition) is 0. The first-order chi connectivity index (χ1) is 10.2. The van der Waals surface area contributed by atoms with E-state index in [0.29, 0.717) is 0 Å². The van der Waals surface area contributed by atoms with Gasteiger partial charge >= 0.3 is 0 Å². The second-order valence-electron chi connectivity index (χ2n) is 5.75. The van der Waals surface area contributed by atoms with Gasteiger partial charge in [0.05, 0.1) is 21.4 Å². The summed E-state index contributed by atoms with van der Waals surface area (Å²) in [5, 5.41) is 0.636. The lowest BCUT2D eigenvalue weighted by atomic mass is 10.1. The minimum absolute atomic E-state index is 0.116. The van der Waals surface area contributed by atoms with E-state index in [-0.39, 0.29) is 5.38 Å². The van der Waals surface area contributed by atoms with E-state index in [0.717, 1.165) is 35.0 Å². The maximum atomic E-state index is 6.38. The van der Waals surface area contributed by atoms with Gasteiger partial charge in [-0.3, -0.25) is 0 Å². The number of fused-ring (bicyclic) bond motifs is 1. The number of halogens is 2. The molecule has 0 saturated carbocycles. The van der Waals surface area contributed by atoms with Crippen LogP contribution < -0.4 is 0 Å². The lowest BCUT2D eigenvalue weighted by Gasteiger charge is -2.27. The SMILES string of the molecule is CC(Cl)c1nc2cccc(Cl)c2n1CCN1CCCCC1. The summed E-state index contributed by atoms with van der Waals surface area (Å²) in [4.78, 5) is 7.19. The van der Waals surface area contributed by atoms with Crippen LogP contribution in [0, 0.1) is 0 Å². The molecular formula is C16H21Cl2N3. The summed E-state index contributed by atoms with van der Waals surface area (Å²) in [6.07, 6.45) is 3.98. The van der Waals surface area contributed by atoms with Gasteiger partial charge in [-0.2, -0.15) is 0 Å². The number of benzene rings is 1. The van der Waals surface area contributed by atoms with Crippen LogP contribution in [0.1, 0.15) is 37.4 Å². The van der Waals surface area contributed by atoms with Crippen molar-refractivity contribution >= 4 is 34.2 Å². The lowest BCUT2D eigenvalue weighted by Crippen LogP contribution is -2.32. The Morgan fingerprint density at radius 1 is 1.19 bits per heavy atom. The van der Waals surface area contributed by atoms with Crippen molar-refractivity contribution in [1.29, 1.82) is 0 Å². The van der Waals surface area contributed by atoms with Gasteiger partial charge in [-0.25, -0.2) is 4.98 Å². The number of nitrogens with zero attached hydrogens (tertiary/aromatic N) is 3. The topological polar surface area (TPSA) is 21.1 Å². The molecule has 21 heavy (non-hydrogen) atoms. The maximum Gasteiger partial charge on any atom is 0.127 e. The summed E-state index contributed by atoms with van der Waals surface area (Å²) in [6, 6.07) is 5.86. The van der Waals surface area contributed by atoms with Crippen LogP contribution in [-0.4, -0.2) is 34.1 Å². The quantitative estimate of drug-likeness (QED) is 0.773. The zero-order chi connectivity index (χ0) is 14.8. The van der Waals surface area contributed by atoms with Crippen molar-refractivity contribution in [3.8, 4) is 0 Å². The van der Waals surface area contributed by atoms with E-state index in [2.05, 4.69) is 14.5 Å². The number of rotatable bonds is 4. The molecule has 1 atom stereocenters. The predicted octanol–water partition coefficient (Wildman–Crippen LogP) is 4.48. The molecule has 1 saturated heterocycles. The Balaban J connectivity index is 1.89. The molecule has 3 rings (SSSR count). The van der Waals surface area contributed by atoms with Crippen molar-refractivity contribution < 1.29 is 0 Å². The van der Waals surface area contributed by atoms with Gasteiger partial charge in [0.1, 0.15) is 5.82 Å². The minimum Gasteiger partial charge on any atom is -0.324 e. The summed E-state index contributed by atoms with van der Waals surface area (Å²) in [6.45, 7) is 6.30. The van der Waals surface area contributed by atoms with Crippen molar-refractivity contribution in [3.63, 3.8) is 0 Å². The Bertz CT molecular complexity index is 615. The lowest BCUT2D eigenvalue weighted by molar-refractivity contribution is 0.221. The molecule has 0 bridgehead atoms. The molecule has 1 aromatic heterocycles. The highest BCUT2D eigenvalue weighted by Crippen LogP contribution is 2.29. The second-order valence-corrected chi connectivity index (χ2v) is 6.81. The molecule has 1 aliphatic rings. The van der Waals surface area contributed by atoms with Crippen LogP contribution in [-0.2, 0) is 6.54 Å². The molecule has 0 N–H and O–H groups in total. The van der Waals surface area contributed by atoms with Crippen LogP contribution in [0.4, 0.5) is 0 Å². The van der Waals surface area contributed by atoms with Gasteiger partial charge in [-0.15, -0.1) is 11.6 Å². The molecule has 0 aliphatic carbocycles. The van der Waals surface area contributed by atoms with E-state index in [4.69, 9.17) is 23.2 Å². The van der Waals surface area contributed by atoms with Crippen molar-refractivity contribution in [2.24, 2.45) is 0 Å². The van der Waals surface area contributed by atoms with E-state index in [1.807, 2.05) is 25.1 Å². The molecule has 1 aliphatic heterocycles. The number of likely N-dealkylation sites (tertiary alicyclic amines) is 1. The van der Waals surface area contributed by atoms with Crippen LogP contribution in [0.15, 0.2) is 18.2 Å². The Morgan fingerprint density at radius 2 is 1.95 bits per heavy atom. The molecule has 2 heterocycles. The first kappa shape index (κ1) is 15.1. The molecule has 0 radical (unpaired) electrons. The monoisotopic (exact) mass is 325 g/mol. The number of para-hydroxylation sites is 1. The highest BCUT2D eigenvalue weighted by molar-refractivity contribution is 6.35. The van der Waals surface area contributed by atoms with Gasteiger partial charge in [0.2, 0.25) is 0 Å². The predicted molar refractivity (Wildman–Crippen MR) is 89.3 cm³/mol. The summed E-state index contributed by atoms with van der Waals surface area (Å²) >= 11 is 12.7. The maximum absolute atomic E-state index is 6.38. The molecular weight excluding hydrogens is 305 g/mol. The van der Waals surface area contributed by atoms with Gasteiger partial charge in [0, 0.05) is 13.1 Å². The molecule has 2 aromatic rings. The molecule has 1 aromatic carbocycles. The zero-order valence-electron chi connectivity index (χ0n) is 12.4. The fraction of sp³-hybridized carbons (Fsp3) is 0.562. The highest BCUT2D eigenvalue weighted by Gasteiger charge is 2.18. The van der Waals surface area contributed by atoms with Gasteiger partial charge in [-0.05, 0) is 45.0 Å². The van der Waals surface area contributed by atoms with E-state index in [1.54, 1.807) is 0 Å². The molecule has 0 amide bonds. The number of hydrogen-bond acceptors (Lipinski definition) is 2. The highest BCUT2D eigenvalue weighted by atomic mass is 35.5. The fourth-order valence-corrected chi connectivity index (χ4v) is 3.55. The van der Waals surface area contributed by atoms with Crippen molar-refractivity contribution in [2.45, 2.75) is 38.1 Å². The molecule has 0 spiro atoms. The largest absolute Gasteiger partial charge is 0.324 e. The zero-order valence-corrected chi connectivity index (χ0v) is 13.9. The van der Waals surface area contributed by atoms with Crippen LogP contribution in [0.3, 0.4) is 0 Å². The second kappa shape index (κ2) is 6.55. The van der Waals surface area contributed by atoms with Crippen LogP contribution >= 0.6 is 23.2 Å². The number of aromatic nitrogens is 2. The summed E-state index contributed by atoms with van der Waals surface area (Å²) in [5.74, 6) is 0.914. The standard InChI is InChI=1S/C16H21Cl2N3/c1-12(17)16-19-14-7-5-6-13(18)15(14)21(16)11-10-20-8-3-2-4-9-20/h5-7,12H,2-4,8-11H2,1H3. The third-order valence-corrected chi connectivity index (χ3v) is 4.69. The third kappa shape index (κ3) is 3.20. The smallest absolute Gasteiger partial charge is 0.127 e. The molecule has 3 nitrogen and oxygen atoms in total. The van der Waals surface area contributed by atoms with E-state index >= 15 is 0 Å². The molecule has 5 heteroatoms. The Kier molecular flexibility index (Phi) is 4.72. The molecule has 1 unspecified atom stereocenters. The Hall–Kier alpha value is -0.770. The first-order valence-corrected chi connectivity index (χ1v) is 8.49. The number of imidazole rings is 1. The van der Waals surface area contributed by atoms with Gasteiger partial charge in [-0.1, -0.05) is 24.1 Å². The van der Waals surface area contributed by atoms with Gasteiger partial charge < -0.3 is 9.47 Å². The number of alkyl halides is 1. The van der Waals surface area contributed by atoms with Crippen LogP contribution in [0.2, 0.25) is 5.02 Å². The summed E-state index contributed by atoms with van der Waals surface area (Å²) in [7, 11) is 0. The third-order valence-electron chi connectivity index (χ3n) is 4.19. The van der Waals surface area contributed by atoms with Crippen molar-refractivity contribution in [2.75, 3.05) is 19.6 Å². The summed E-state index contributed by atoms with van der Waals surface area (Å²) in [5.41, 5.74) is 1.95. The fourth-order valence-electron chi connectivity index (χ4n) is 3.11. The molecule has 1 fully saturated rings. The Labute approximate surface area is 135 Å². The average molecular weight is 326 g/mol. The minimum atomic E-state index is -0.116. The van der Waals surface area contributed by atoms with Gasteiger partial charge in [0.25, 0.3) is 0 Å². The van der Waals surface area contributed by atoms with Crippen LogP contribution in [0.25, 0.3) is 11.0 Å². The first-order valence-electron chi connectivity index (χ1n) is 7.68. The summed E-state index contributed by atoms with van der Waals surface area (Å²) < 4.78 is 2.20. The normalized spacial score (nSPS) is 18.2. The average Bonchev–Trinajstić information content (AvgIpc) is 2.86. The van der Waals surface area contributed by atoms with Gasteiger partial charge in [0.15, 0.2) is 0 Å². The van der Waals surface area contributed by atoms with Crippen molar-refractivity contribution in [3.05, 3.63) is 29.0 Å². The van der Waals surface area contributed by atoms with E-state index in [1.165, 1.54) is 32.4 Å². The van der Waals surface area contributed by atoms with Crippen molar-refractivity contribution in [1.82, 2.24) is 14.5 Å². The van der Waals surface area contributed by atoms with Crippen LogP contribution in [0.5, 0.6) is 0 Å².